The third-order valence-electron chi connectivity index (χ3n) is 3.06. The Bertz CT molecular complexity index is 260. The van der Waals surface area contributed by atoms with Gasteiger partial charge in [-0.1, -0.05) is 12.2 Å². The predicted octanol–water partition coefficient (Wildman–Crippen LogP) is 1.12. The Hall–Kier alpha value is 0.184. The van der Waals surface area contributed by atoms with Gasteiger partial charge in [0.05, 0.1) is 0 Å². The SMILES string of the molecule is CC(=O)C1C([C-]=O)[C@@H]2C=C[C@H]1C2.[Y]. The number of fused-ring (bicyclic) bond motifs is 2. The molecule has 0 aliphatic heterocycles. The number of hydrogen-bond donors (Lipinski definition) is 0. The zero-order valence-corrected chi connectivity index (χ0v) is 10.4. The number of carbonyl (C=O) groups excluding carboxylic acids is 2. The third kappa shape index (κ3) is 1.71. The summed E-state index contributed by atoms with van der Waals surface area (Å²) < 4.78 is 0. The van der Waals surface area contributed by atoms with Crippen molar-refractivity contribution in [1.82, 2.24) is 0 Å². The van der Waals surface area contributed by atoms with Crippen molar-refractivity contribution >= 4 is 12.1 Å². The average molecular weight is 252 g/mol. The molecule has 1 saturated carbocycles. The van der Waals surface area contributed by atoms with Crippen LogP contribution in [-0.4, -0.2) is 12.1 Å². The van der Waals surface area contributed by atoms with Crippen LogP contribution in [0.3, 0.4) is 0 Å². The maximum absolute atomic E-state index is 11.2. The molecule has 1 radical (unpaired) electrons. The first-order chi connectivity index (χ1) is 5.74. The monoisotopic (exact) mass is 252 g/mol. The van der Waals surface area contributed by atoms with E-state index in [4.69, 9.17) is 0 Å². The molecule has 0 aromatic heterocycles. The fourth-order valence-electron chi connectivity index (χ4n) is 2.54. The number of ketones is 1. The van der Waals surface area contributed by atoms with Crippen LogP contribution in [0.25, 0.3) is 0 Å². The summed E-state index contributed by atoms with van der Waals surface area (Å²) in [6, 6.07) is 0. The first kappa shape index (κ1) is 11.3. The van der Waals surface area contributed by atoms with E-state index in [0.717, 1.165) is 6.42 Å². The Morgan fingerprint density at radius 2 is 2.00 bits per heavy atom. The van der Waals surface area contributed by atoms with Crippen molar-refractivity contribution in [2.75, 3.05) is 0 Å². The van der Waals surface area contributed by atoms with Crippen molar-refractivity contribution in [3.05, 3.63) is 12.2 Å². The van der Waals surface area contributed by atoms with Crippen LogP contribution in [0.4, 0.5) is 0 Å². The molecule has 0 spiro atoms. The van der Waals surface area contributed by atoms with Crippen LogP contribution in [0.15, 0.2) is 12.2 Å². The van der Waals surface area contributed by atoms with Gasteiger partial charge < -0.3 is 4.79 Å². The molecule has 2 unspecified atom stereocenters. The summed E-state index contributed by atoms with van der Waals surface area (Å²) in [5.41, 5.74) is 0. The number of hydrogen-bond acceptors (Lipinski definition) is 2. The van der Waals surface area contributed by atoms with Crippen LogP contribution in [0.1, 0.15) is 13.3 Å². The molecule has 0 N–H and O–H groups in total. The summed E-state index contributed by atoms with van der Waals surface area (Å²) in [5.74, 6) is 0.524. The van der Waals surface area contributed by atoms with Crippen molar-refractivity contribution < 1.29 is 42.3 Å². The van der Waals surface area contributed by atoms with Gasteiger partial charge in [0.25, 0.3) is 0 Å². The summed E-state index contributed by atoms with van der Waals surface area (Å²) in [5, 5.41) is 0. The van der Waals surface area contributed by atoms with E-state index < -0.39 is 0 Å². The van der Waals surface area contributed by atoms with Gasteiger partial charge in [-0.25, -0.2) is 0 Å². The topological polar surface area (TPSA) is 34.1 Å². The van der Waals surface area contributed by atoms with Gasteiger partial charge in [-0.2, -0.15) is 0 Å². The minimum Gasteiger partial charge on any atom is -0.541 e. The van der Waals surface area contributed by atoms with E-state index in [1.165, 1.54) is 0 Å². The van der Waals surface area contributed by atoms with Gasteiger partial charge in [0.15, 0.2) is 0 Å². The maximum atomic E-state index is 11.2. The van der Waals surface area contributed by atoms with Gasteiger partial charge in [-0.05, 0) is 25.2 Å². The van der Waals surface area contributed by atoms with Crippen LogP contribution < -0.4 is 0 Å². The number of allylic oxidation sites excluding steroid dienone is 2. The molecule has 2 aliphatic rings. The Balaban J connectivity index is 0.000000845. The second kappa shape index (κ2) is 4.14. The molecular formula is C10H11O2Y-. The minimum absolute atomic E-state index is 0. The van der Waals surface area contributed by atoms with Crippen molar-refractivity contribution in [2.24, 2.45) is 23.7 Å². The van der Waals surface area contributed by atoms with Gasteiger partial charge in [-0.3, -0.25) is 11.1 Å². The molecule has 0 heterocycles. The first-order valence-electron chi connectivity index (χ1n) is 4.30. The Morgan fingerprint density at radius 3 is 2.46 bits per heavy atom. The van der Waals surface area contributed by atoms with E-state index in [0.29, 0.717) is 11.8 Å². The molecule has 4 atom stereocenters. The summed E-state index contributed by atoms with van der Waals surface area (Å²) in [6.45, 7) is 1.57. The van der Waals surface area contributed by atoms with Crippen molar-refractivity contribution in [2.45, 2.75) is 13.3 Å². The van der Waals surface area contributed by atoms with Gasteiger partial charge in [-0.15, -0.1) is 5.92 Å². The van der Waals surface area contributed by atoms with Gasteiger partial charge in [0.1, 0.15) is 5.78 Å². The molecule has 1 fully saturated rings. The van der Waals surface area contributed by atoms with E-state index in [2.05, 4.69) is 12.2 Å². The van der Waals surface area contributed by atoms with Crippen LogP contribution in [-0.2, 0) is 42.3 Å². The largest absolute Gasteiger partial charge is 0.541 e. The molecule has 0 amide bonds. The third-order valence-corrected chi connectivity index (χ3v) is 3.06. The number of carbonyl (C=O) groups is 1. The zero-order valence-electron chi connectivity index (χ0n) is 7.57. The van der Waals surface area contributed by atoms with Crippen LogP contribution in [0.2, 0.25) is 0 Å². The Morgan fingerprint density at radius 1 is 1.38 bits per heavy atom. The van der Waals surface area contributed by atoms with E-state index in [1.54, 1.807) is 6.92 Å². The summed E-state index contributed by atoms with van der Waals surface area (Å²) >= 11 is 0. The molecular weight excluding hydrogens is 241 g/mol. The number of rotatable bonds is 2. The smallest absolute Gasteiger partial charge is 0.131 e. The normalized spacial score (nSPS) is 40.1. The van der Waals surface area contributed by atoms with Crippen molar-refractivity contribution in [3.63, 3.8) is 0 Å². The molecule has 67 valence electrons. The number of Topliss-reactive ketones (excluding diaryl/α,β-unsaturated/α-hetero) is 1. The van der Waals surface area contributed by atoms with Gasteiger partial charge in [0.2, 0.25) is 0 Å². The molecule has 2 nitrogen and oxygen atoms in total. The molecule has 2 rings (SSSR count). The standard InChI is InChI=1S/C10H11O2.Y/c1-6(12)10-8-3-2-7(4-8)9(10)5-11;/h2-3,7-10H,4H2,1H3;/q-1;/t7-,8+,9?,10?;/m1./s1. The van der Waals surface area contributed by atoms with Crippen molar-refractivity contribution in [3.8, 4) is 0 Å². The first-order valence-corrected chi connectivity index (χ1v) is 4.30. The van der Waals surface area contributed by atoms with Crippen LogP contribution in [0, 0.1) is 23.7 Å². The zero-order chi connectivity index (χ0) is 8.72. The molecule has 0 saturated heterocycles. The minimum atomic E-state index is -0.155. The summed E-state index contributed by atoms with van der Waals surface area (Å²) in [6.07, 6.45) is 7.11. The molecule has 13 heavy (non-hydrogen) atoms. The fourth-order valence-corrected chi connectivity index (χ4v) is 2.54. The van der Waals surface area contributed by atoms with Crippen LogP contribution in [0.5, 0.6) is 0 Å². The quantitative estimate of drug-likeness (QED) is 0.545. The average Bonchev–Trinajstić information content (AvgIpc) is 2.60. The summed E-state index contributed by atoms with van der Waals surface area (Å²) in [4.78, 5) is 21.8. The maximum Gasteiger partial charge on any atom is 0.131 e. The molecule has 2 bridgehead atoms. The Labute approximate surface area is 103 Å². The molecule has 0 aromatic rings. The second-order valence-electron chi connectivity index (χ2n) is 3.73. The molecule has 2 aliphatic carbocycles. The van der Waals surface area contributed by atoms with Gasteiger partial charge >= 0.3 is 0 Å². The summed E-state index contributed by atoms with van der Waals surface area (Å²) in [7, 11) is 0. The van der Waals surface area contributed by atoms with Crippen LogP contribution >= 0.6 is 0 Å². The van der Waals surface area contributed by atoms with Crippen molar-refractivity contribution in [1.29, 1.82) is 0 Å². The van der Waals surface area contributed by atoms with E-state index in [1.807, 2.05) is 6.29 Å². The van der Waals surface area contributed by atoms with E-state index in [9.17, 15) is 9.59 Å². The Kier molecular flexibility index (Phi) is 3.59. The molecule has 0 aromatic carbocycles. The van der Waals surface area contributed by atoms with E-state index >= 15 is 0 Å². The van der Waals surface area contributed by atoms with Gasteiger partial charge in [0, 0.05) is 38.6 Å². The van der Waals surface area contributed by atoms with E-state index in [-0.39, 0.29) is 50.3 Å². The molecule has 3 heteroatoms. The second-order valence-corrected chi connectivity index (χ2v) is 3.73. The predicted molar refractivity (Wildman–Crippen MR) is 44.1 cm³/mol. The fraction of sp³-hybridized carbons (Fsp3) is 0.600.